The Morgan fingerprint density at radius 3 is 3.07 bits per heavy atom. The van der Waals surface area contributed by atoms with E-state index >= 15 is 0 Å². The lowest BCUT2D eigenvalue weighted by Gasteiger charge is -1.92. The average Bonchev–Trinajstić information content (AvgIpc) is 2.65. The van der Waals surface area contributed by atoms with Gasteiger partial charge in [0.1, 0.15) is 0 Å². The quantitative estimate of drug-likeness (QED) is 0.565. The highest BCUT2D eigenvalue weighted by Crippen LogP contribution is 2.15. The van der Waals surface area contributed by atoms with Crippen molar-refractivity contribution in [2.24, 2.45) is 0 Å². The summed E-state index contributed by atoms with van der Waals surface area (Å²) in [4.78, 5) is 22.0. The summed E-state index contributed by atoms with van der Waals surface area (Å²) in [5.74, 6) is -0.288. The van der Waals surface area contributed by atoms with Crippen molar-refractivity contribution >= 4 is 29.7 Å². The molecular weight excluding hydrogens is 200 g/mol. The van der Waals surface area contributed by atoms with Gasteiger partial charge in [0.25, 0.3) is 0 Å². The molecule has 0 amide bonds. The summed E-state index contributed by atoms with van der Waals surface area (Å²) < 4.78 is 4.47. The van der Waals surface area contributed by atoms with Crippen LogP contribution in [0.2, 0.25) is 0 Å². The topological polar surface area (TPSA) is 43.4 Å². The standard InChI is InChI=1S/C10H10O3S/c1-13-10(12)4-2-3-8-5-6-14-9(8)7-11/h2-3,5-7H,4H2,1H3. The van der Waals surface area contributed by atoms with Crippen molar-refractivity contribution < 1.29 is 14.3 Å². The fraction of sp³-hybridized carbons (Fsp3) is 0.200. The van der Waals surface area contributed by atoms with Crippen molar-refractivity contribution in [3.63, 3.8) is 0 Å². The molecule has 0 bridgehead atoms. The molecule has 1 rings (SSSR count). The van der Waals surface area contributed by atoms with Gasteiger partial charge >= 0.3 is 5.97 Å². The molecule has 0 aromatic carbocycles. The molecule has 1 heterocycles. The minimum Gasteiger partial charge on any atom is -0.469 e. The summed E-state index contributed by atoms with van der Waals surface area (Å²) in [5, 5.41) is 1.83. The fourth-order valence-corrected chi connectivity index (χ4v) is 1.62. The van der Waals surface area contributed by atoms with Crippen molar-refractivity contribution in [2.75, 3.05) is 7.11 Å². The summed E-state index contributed by atoms with van der Waals surface area (Å²) in [7, 11) is 1.34. The van der Waals surface area contributed by atoms with Crippen molar-refractivity contribution in [2.45, 2.75) is 6.42 Å². The highest BCUT2D eigenvalue weighted by Gasteiger charge is 1.99. The van der Waals surface area contributed by atoms with Crippen LogP contribution < -0.4 is 0 Å². The first-order valence-electron chi connectivity index (χ1n) is 4.04. The van der Waals surface area contributed by atoms with Crippen LogP contribution in [0.15, 0.2) is 17.5 Å². The van der Waals surface area contributed by atoms with Crippen LogP contribution in [0, 0.1) is 0 Å². The van der Waals surface area contributed by atoms with Crippen LogP contribution in [0.1, 0.15) is 21.7 Å². The minimum atomic E-state index is -0.288. The third-order valence-corrected chi connectivity index (χ3v) is 2.50. The zero-order chi connectivity index (χ0) is 10.4. The van der Waals surface area contributed by atoms with E-state index in [0.29, 0.717) is 4.88 Å². The fourth-order valence-electron chi connectivity index (χ4n) is 0.930. The maximum absolute atomic E-state index is 10.8. The molecule has 0 spiro atoms. The lowest BCUT2D eigenvalue weighted by atomic mass is 10.2. The number of aldehydes is 1. The Labute approximate surface area is 86.0 Å². The molecule has 4 heteroatoms. The molecule has 3 nitrogen and oxygen atoms in total. The molecule has 0 atom stereocenters. The van der Waals surface area contributed by atoms with Crippen LogP contribution in [0.4, 0.5) is 0 Å². The van der Waals surface area contributed by atoms with E-state index in [1.54, 1.807) is 12.2 Å². The van der Waals surface area contributed by atoms with Crippen LogP contribution in [-0.4, -0.2) is 19.4 Å². The molecule has 0 saturated heterocycles. The first kappa shape index (κ1) is 10.7. The van der Waals surface area contributed by atoms with Gasteiger partial charge in [-0.25, -0.2) is 0 Å². The number of rotatable bonds is 4. The van der Waals surface area contributed by atoms with Crippen molar-refractivity contribution in [3.05, 3.63) is 28.0 Å². The third-order valence-electron chi connectivity index (χ3n) is 1.64. The van der Waals surface area contributed by atoms with Crippen LogP contribution in [0.3, 0.4) is 0 Å². The Hall–Kier alpha value is -1.42. The van der Waals surface area contributed by atoms with E-state index in [1.807, 2.05) is 11.4 Å². The largest absolute Gasteiger partial charge is 0.469 e. The van der Waals surface area contributed by atoms with Gasteiger partial charge in [-0.2, -0.15) is 0 Å². The Balaban J connectivity index is 2.59. The molecule has 74 valence electrons. The second-order valence-corrected chi connectivity index (χ2v) is 3.49. The van der Waals surface area contributed by atoms with E-state index < -0.39 is 0 Å². The Morgan fingerprint density at radius 2 is 2.43 bits per heavy atom. The van der Waals surface area contributed by atoms with Gasteiger partial charge < -0.3 is 4.74 Å². The van der Waals surface area contributed by atoms with Gasteiger partial charge in [0.15, 0.2) is 6.29 Å². The molecule has 0 N–H and O–H groups in total. The molecule has 0 unspecified atom stereocenters. The molecule has 0 aliphatic rings. The number of thiophene rings is 1. The minimum absolute atomic E-state index is 0.227. The highest BCUT2D eigenvalue weighted by atomic mass is 32.1. The normalized spacial score (nSPS) is 10.4. The molecule has 0 saturated carbocycles. The molecule has 14 heavy (non-hydrogen) atoms. The summed E-state index contributed by atoms with van der Waals surface area (Å²) in [5.41, 5.74) is 0.842. The highest BCUT2D eigenvalue weighted by molar-refractivity contribution is 7.11. The smallest absolute Gasteiger partial charge is 0.309 e. The zero-order valence-electron chi connectivity index (χ0n) is 7.73. The second-order valence-electron chi connectivity index (χ2n) is 2.54. The van der Waals surface area contributed by atoms with Crippen LogP contribution >= 0.6 is 11.3 Å². The predicted molar refractivity (Wildman–Crippen MR) is 55.4 cm³/mol. The van der Waals surface area contributed by atoms with Crippen molar-refractivity contribution in [3.8, 4) is 0 Å². The van der Waals surface area contributed by atoms with E-state index in [-0.39, 0.29) is 12.4 Å². The number of carbonyl (C=O) groups excluding carboxylic acids is 2. The van der Waals surface area contributed by atoms with Gasteiger partial charge in [-0.05, 0) is 17.0 Å². The van der Waals surface area contributed by atoms with Crippen LogP contribution in [0.25, 0.3) is 6.08 Å². The SMILES string of the molecule is COC(=O)CC=Cc1ccsc1C=O. The maximum atomic E-state index is 10.8. The van der Waals surface area contributed by atoms with Gasteiger partial charge in [0.05, 0.1) is 18.4 Å². The second kappa shape index (κ2) is 5.34. The molecule has 0 fully saturated rings. The van der Waals surface area contributed by atoms with Gasteiger partial charge in [-0.3, -0.25) is 9.59 Å². The molecule has 0 aliphatic carbocycles. The Kier molecular flexibility index (Phi) is 4.07. The predicted octanol–water partition coefficient (Wildman–Crippen LogP) is 2.14. The summed E-state index contributed by atoms with van der Waals surface area (Å²) in [6.45, 7) is 0. The molecule has 0 radical (unpaired) electrons. The summed E-state index contributed by atoms with van der Waals surface area (Å²) in [6, 6.07) is 1.84. The summed E-state index contributed by atoms with van der Waals surface area (Å²) >= 11 is 1.38. The first-order valence-corrected chi connectivity index (χ1v) is 4.92. The van der Waals surface area contributed by atoms with Gasteiger partial charge in [-0.15, -0.1) is 11.3 Å². The zero-order valence-corrected chi connectivity index (χ0v) is 8.54. The molecule has 1 aromatic rings. The Bertz CT molecular complexity index is 352. The number of methoxy groups -OCH3 is 1. The first-order chi connectivity index (χ1) is 6.77. The lowest BCUT2D eigenvalue weighted by Crippen LogP contribution is -1.96. The average molecular weight is 210 g/mol. The molecule has 0 aliphatic heterocycles. The number of hydrogen-bond acceptors (Lipinski definition) is 4. The van der Waals surface area contributed by atoms with E-state index in [9.17, 15) is 9.59 Å². The number of hydrogen-bond donors (Lipinski definition) is 0. The van der Waals surface area contributed by atoms with E-state index in [0.717, 1.165) is 11.8 Å². The van der Waals surface area contributed by atoms with E-state index in [4.69, 9.17) is 0 Å². The van der Waals surface area contributed by atoms with Gasteiger partial charge in [0, 0.05) is 0 Å². The van der Waals surface area contributed by atoms with Crippen molar-refractivity contribution in [1.29, 1.82) is 0 Å². The van der Waals surface area contributed by atoms with E-state index in [1.165, 1.54) is 18.4 Å². The molecule has 1 aromatic heterocycles. The van der Waals surface area contributed by atoms with Crippen LogP contribution in [-0.2, 0) is 9.53 Å². The summed E-state index contributed by atoms with van der Waals surface area (Å²) in [6.07, 6.45) is 4.46. The number of carbonyl (C=O) groups is 2. The third kappa shape index (κ3) is 2.81. The maximum Gasteiger partial charge on any atom is 0.309 e. The van der Waals surface area contributed by atoms with Gasteiger partial charge in [0.2, 0.25) is 0 Å². The van der Waals surface area contributed by atoms with Gasteiger partial charge in [-0.1, -0.05) is 12.2 Å². The number of ether oxygens (including phenoxy) is 1. The number of esters is 1. The van der Waals surface area contributed by atoms with Crippen molar-refractivity contribution in [1.82, 2.24) is 0 Å². The lowest BCUT2D eigenvalue weighted by molar-refractivity contribution is -0.139. The Morgan fingerprint density at radius 1 is 1.64 bits per heavy atom. The van der Waals surface area contributed by atoms with E-state index in [2.05, 4.69) is 4.74 Å². The van der Waals surface area contributed by atoms with Crippen LogP contribution in [0.5, 0.6) is 0 Å². The molecular formula is C10H10O3S. The monoisotopic (exact) mass is 210 g/mol.